The van der Waals surface area contributed by atoms with Crippen molar-refractivity contribution < 1.29 is 4.79 Å². The Labute approximate surface area is 156 Å². The van der Waals surface area contributed by atoms with Crippen LogP contribution >= 0.6 is 35.5 Å². The van der Waals surface area contributed by atoms with E-state index in [1.165, 1.54) is 12.8 Å². The van der Waals surface area contributed by atoms with Crippen LogP contribution in [0.3, 0.4) is 0 Å². The molecule has 8 heteroatoms. The molecule has 0 bridgehead atoms. The van der Waals surface area contributed by atoms with Crippen molar-refractivity contribution in [3.05, 3.63) is 28.8 Å². The van der Waals surface area contributed by atoms with Crippen molar-refractivity contribution in [3.63, 3.8) is 0 Å². The summed E-state index contributed by atoms with van der Waals surface area (Å²) in [6, 6.07) is 6.01. The number of amides is 1. The Morgan fingerprint density at radius 3 is 2.75 bits per heavy atom. The molecule has 1 saturated carbocycles. The third-order valence-corrected chi connectivity index (χ3v) is 5.48. The lowest BCUT2D eigenvalue weighted by molar-refractivity contribution is -0.115. The number of nitrogens with one attached hydrogen (secondary N) is 2. The van der Waals surface area contributed by atoms with E-state index < -0.39 is 0 Å². The minimum atomic E-state index is 0. The molecule has 2 N–H and O–H groups in total. The molecule has 2 aromatic rings. The third-order valence-electron chi connectivity index (χ3n) is 3.60. The van der Waals surface area contributed by atoms with Crippen LogP contribution in [0.1, 0.15) is 23.4 Å². The van der Waals surface area contributed by atoms with Gasteiger partial charge in [-0.3, -0.25) is 4.79 Å². The average Bonchev–Trinajstić information content (AvgIpc) is 3.24. The Morgan fingerprint density at radius 1 is 1.33 bits per heavy atom. The summed E-state index contributed by atoms with van der Waals surface area (Å²) in [6.07, 6.45) is 2.59. The van der Waals surface area contributed by atoms with Gasteiger partial charge < -0.3 is 10.6 Å². The third kappa shape index (κ3) is 5.73. The number of hydrogen-bond acceptors (Lipinski definition) is 6. The quantitative estimate of drug-likeness (QED) is 0.762. The summed E-state index contributed by atoms with van der Waals surface area (Å²) in [6.45, 7) is 5.27. The lowest BCUT2D eigenvalue weighted by Gasteiger charge is -2.10. The summed E-state index contributed by atoms with van der Waals surface area (Å²) in [5.74, 6) is 0.790. The van der Waals surface area contributed by atoms with Crippen LogP contribution in [-0.4, -0.2) is 29.2 Å². The number of rotatable bonds is 7. The molecule has 1 aliphatic carbocycles. The van der Waals surface area contributed by atoms with Crippen molar-refractivity contribution in [2.24, 2.45) is 5.92 Å². The van der Waals surface area contributed by atoms with Gasteiger partial charge in [0.2, 0.25) is 5.91 Å². The van der Waals surface area contributed by atoms with Gasteiger partial charge in [-0.1, -0.05) is 23.1 Å². The molecule has 1 heterocycles. The molecule has 0 radical (unpaired) electrons. The summed E-state index contributed by atoms with van der Waals surface area (Å²) in [4.78, 5) is 13.1. The molecule has 0 aliphatic heterocycles. The van der Waals surface area contributed by atoms with Gasteiger partial charge in [0.15, 0.2) is 4.34 Å². The van der Waals surface area contributed by atoms with Gasteiger partial charge in [0.05, 0.1) is 6.54 Å². The standard InChI is InChI=1S/C16H20N4OS2.ClH/c1-10-7-13(23-16-20-19-11(2)22-16)5-6-14(10)18-15(21)9-17-8-12-3-4-12;/h5-7,12,17H,3-4,8-9H2,1-2H3,(H,18,21);1H. The van der Waals surface area contributed by atoms with Crippen molar-refractivity contribution in [2.45, 2.75) is 35.9 Å². The largest absolute Gasteiger partial charge is 0.325 e. The van der Waals surface area contributed by atoms with Gasteiger partial charge in [0.25, 0.3) is 0 Å². The fourth-order valence-corrected chi connectivity index (χ4v) is 4.05. The first-order valence-electron chi connectivity index (χ1n) is 7.69. The Balaban J connectivity index is 0.00000208. The highest BCUT2D eigenvalue weighted by Gasteiger charge is 2.20. The number of carbonyl (C=O) groups excluding carboxylic acids is 1. The monoisotopic (exact) mass is 384 g/mol. The smallest absolute Gasteiger partial charge is 0.238 e. The van der Waals surface area contributed by atoms with E-state index in [0.717, 1.165) is 38.0 Å². The van der Waals surface area contributed by atoms with E-state index >= 15 is 0 Å². The minimum absolute atomic E-state index is 0. The van der Waals surface area contributed by atoms with Crippen molar-refractivity contribution in [1.29, 1.82) is 0 Å². The van der Waals surface area contributed by atoms with Gasteiger partial charge in [0.1, 0.15) is 5.01 Å². The topological polar surface area (TPSA) is 66.9 Å². The molecule has 24 heavy (non-hydrogen) atoms. The SMILES string of the molecule is Cc1nnc(Sc2ccc(NC(=O)CNCC3CC3)c(C)c2)s1.Cl. The van der Waals surface area contributed by atoms with E-state index in [4.69, 9.17) is 0 Å². The van der Waals surface area contributed by atoms with Crippen molar-refractivity contribution in [3.8, 4) is 0 Å². The van der Waals surface area contributed by atoms with E-state index in [1.54, 1.807) is 23.1 Å². The molecule has 5 nitrogen and oxygen atoms in total. The predicted molar refractivity (Wildman–Crippen MR) is 101 cm³/mol. The van der Waals surface area contributed by atoms with Crippen LogP contribution in [-0.2, 0) is 4.79 Å². The summed E-state index contributed by atoms with van der Waals surface area (Å²) >= 11 is 3.18. The maximum atomic E-state index is 11.9. The highest BCUT2D eigenvalue weighted by atomic mass is 35.5. The molecule has 0 saturated heterocycles. The maximum absolute atomic E-state index is 11.9. The molecular formula is C16H21ClN4OS2. The van der Waals surface area contributed by atoms with Crippen molar-refractivity contribution in [1.82, 2.24) is 15.5 Å². The molecule has 1 aromatic heterocycles. The van der Waals surface area contributed by atoms with Gasteiger partial charge >= 0.3 is 0 Å². The highest BCUT2D eigenvalue weighted by molar-refractivity contribution is 8.01. The lowest BCUT2D eigenvalue weighted by atomic mass is 10.2. The zero-order valence-corrected chi connectivity index (χ0v) is 16.1. The summed E-state index contributed by atoms with van der Waals surface area (Å²) in [5, 5.41) is 15.3. The molecule has 0 unspecified atom stereocenters. The number of halogens is 1. The van der Waals surface area contributed by atoms with Gasteiger partial charge in [-0.25, -0.2) is 0 Å². The van der Waals surface area contributed by atoms with E-state index in [0.29, 0.717) is 6.54 Å². The van der Waals surface area contributed by atoms with E-state index in [9.17, 15) is 4.79 Å². The maximum Gasteiger partial charge on any atom is 0.238 e. The minimum Gasteiger partial charge on any atom is -0.325 e. The van der Waals surface area contributed by atoms with Crippen molar-refractivity contribution in [2.75, 3.05) is 18.4 Å². The molecule has 1 aromatic carbocycles. The van der Waals surface area contributed by atoms with Gasteiger partial charge in [-0.05, 0) is 62.9 Å². The number of aryl methyl sites for hydroxylation is 2. The first-order chi connectivity index (χ1) is 11.1. The van der Waals surface area contributed by atoms with Gasteiger partial charge in [-0.15, -0.1) is 22.6 Å². The fraction of sp³-hybridized carbons (Fsp3) is 0.438. The Bertz CT molecular complexity index is 703. The van der Waals surface area contributed by atoms with Crippen LogP contribution in [0.25, 0.3) is 0 Å². The number of carbonyl (C=O) groups is 1. The summed E-state index contributed by atoms with van der Waals surface area (Å²) in [5.41, 5.74) is 1.91. The first-order valence-corrected chi connectivity index (χ1v) is 9.32. The molecule has 1 amide bonds. The second-order valence-electron chi connectivity index (χ2n) is 5.79. The zero-order chi connectivity index (χ0) is 16.2. The summed E-state index contributed by atoms with van der Waals surface area (Å²) < 4.78 is 0.933. The van der Waals surface area contributed by atoms with Crippen LogP contribution in [0, 0.1) is 19.8 Å². The van der Waals surface area contributed by atoms with E-state index in [1.807, 2.05) is 26.0 Å². The molecule has 3 rings (SSSR count). The molecular weight excluding hydrogens is 364 g/mol. The lowest BCUT2D eigenvalue weighted by Crippen LogP contribution is -2.29. The first kappa shape index (κ1) is 19.2. The predicted octanol–water partition coefficient (Wildman–Crippen LogP) is 3.67. The number of aromatic nitrogens is 2. The van der Waals surface area contributed by atoms with Crippen LogP contribution in [0.5, 0.6) is 0 Å². The van der Waals surface area contributed by atoms with E-state index in [-0.39, 0.29) is 18.3 Å². The zero-order valence-electron chi connectivity index (χ0n) is 13.7. The molecule has 1 aliphatic rings. The number of anilines is 1. The Hall–Kier alpha value is -1.15. The van der Waals surface area contributed by atoms with Crippen LogP contribution in [0.15, 0.2) is 27.4 Å². The van der Waals surface area contributed by atoms with Crippen LogP contribution in [0.4, 0.5) is 5.69 Å². The second kappa shape index (κ2) is 8.80. The summed E-state index contributed by atoms with van der Waals surface area (Å²) in [7, 11) is 0. The second-order valence-corrected chi connectivity index (χ2v) is 8.29. The molecule has 0 spiro atoms. The van der Waals surface area contributed by atoms with Crippen LogP contribution < -0.4 is 10.6 Å². The normalized spacial score (nSPS) is 13.4. The van der Waals surface area contributed by atoms with Gasteiger partial charge in [0, 0.05) is 10.6 Å². The molecule has 0 atom stereocenters. The Morgan fingerprint density at radius 2 is 2.12 bits per heavy atom. The average molecular weight is 385 g/mol. The molecule has 130 valence electrons. The van der Waals surface area contributed by atoms with Gasteiger partial charge in [-0.2, -0.15) is 0 Å². The molecule has 1 fully saturated rings. The van der Waals surface area contributed by atoms with E-state index in [2.05, 4.69) is 26.9 Å². The highest BCUT2D eigenvalue weighted by Crippen LogP contribution is 2.32. The number of nitrogens with zero attached hydrogens (tertiary/aromatic N) is 2. The number of hydrogen-bond donors (Lipinski definition) is 2. The Kier molecular flexibility index (Phi) is 7.03. The van der Waals surface area contributed by atoms with Crippen molar-refractivity contribution >= 4 is 47.1 Å². The fourth-order valence-electron chi connectivity index (χ4n) is 2.17. The van der Waals surface area contributed by atoms with Crippen LogP contribution in [0.2, 0.25) is 0 Å². The number of benzene rings is 1.